The van der Waals surface area contributed by atoms with Crippen LogP contribution in [0.3, 0.4) is 0 Å². The van der Waals surface area contributed by atoms with Crippen molar-refractivity contribution < 1.29 is 0 Å². The molecule has 0 aliphatic carbocycles. The van der Waals surface area contributed by atoms with E-state index < -0.39 is 0 Å². The number of benzene rings is 4. The van der Waals surface area contributed by atoms with E-state index in [2.05, 4.69) is 77.9 Å². The van der Waals surface area contributed by atoms with Crippen LogP contribution in [0.1, 0.15) is 34.7 Å². The summed E-state index contributed by atoms with van der Waals surface area (Å²) < 4.78 is 2.16. The summed E-state index contributed by atoms with van der Waals surface area (Å²) in [7, 11) is 0. The van der Waals surface area contributed by atoms with Gasteiger partial charge in [-0.25, -0.2) is 0 Å². The van der Waals surface area contributed by atoms with Gasteiger partial charge < -0.3 is 4.57 Å². The van der Waals surface area contributed by atoms with Gasteiger partial charge in [0.15, 0.2) is 0 Å². The molecule has 0 spiro atoms. The summed E-state index contributed by atoms with van der Waals surface area (Å²) in [5.41, 5.74) is 9.82. The van der Waals surface area contributed by atoms with Crippen LogP contribution in [-0.4, -0.2) is 4.57 Å². The summed E-state index contributed by atoms with van der Waals surface area (Å²) in [5.74, 6) is 0. The Labute approximate surface area is 223 Å². The molecule has 0 aliphatic rings. The second-order valence-electron chi connectivity index (χ2n) is 9.33. The van der Waals surface area contributed by atoms with Crippen LogP contribution in [0.4, 0.5) is 0 Å². The molecule has 38 heavy (non-hydrogen) atoms. The number of hydrogen-bond acceptors (Lipinski definition) is 2. The number of hydrogen-bond donors (Lipinski definition) is 0. The van der Waals surface area contributed by atoms with Gasteiger partial charge in [0.05, 0.1) is 33.9 Å². The number of rotatable bonds is 5. The van der Waals surface area contributed by atoms with Crippen LogP contribution in [-0.2, 0) is 0 Å². The van der Waals surface area contributed by atoms with Gasteiger partial charge in [0.2, 0.25) is 0 Å². The fraction of sp³-hybridized carbons (Fsp3) is 0.0857. The third-order valence-electron chi connectivity index (χ3n) is 7.11. The average molecular weight is 490 g/mol. The van der Waals surface area contributed by atoms with Gasteiger partial charge in [-0.3, -0.25) is 0 Å². The third-order valence-corrected chi connectivity index (χ3v) is 7.11. The zero-order valence-corrected chi connectivity index (χ0v) is 21.8. The van der Waals surface area contributed by atoms with Crippen molar-refractivity contribution in [1.82, 2.24) is 4.57 Å². The number of fused-ring (bicyclic) bond motifs is 3. The van der Waals surface area contributed by atoms with Crippen LogP contribution in [0.15, 0.2) is 104 Å². The molecule has 0 unspecified atom stereocenters. The highest BCUT2D eigenvalue weighted by Crippen LogP contribution is 2.38. The summed E-state index contributed by atoms with van der Waals surface area (Å²) >= 11 is 0. The molecule has 0 saturated heterocycles. The minimum atomic E-state index is 0.516. The Bertz CT molecular complexity index is 1870. The normalized spacial score (nSPS) is 11.7. The Hall–Kier alpha value is -5.12. The molecule has 0 fully saturated rings. The van der Waals surface area contributed by atoms with E-state index in [1.807, 2.05) is 63.3 Å². The van der Waals surface area contributed by atoms with Crippen LogP contribution in [0, 0.1) is 36.5 Å². The van der Waals surface area contributed by atoms with E-state index in [1.165, 1.54) is 0 Å². The summed E-state index contributed by atoms with van der Waals surface area (Å²) in [6, 6.07) is 29.9. The molecule has 5 rings (SSSR count). The summed E-state index contributed by atoms with van der Waals surface area (Å²) in [5, 5.41) is 22.1. The van der Waals surface area contributed by atoms with E-state index in [0.717, 1.165) is 55.3 Å². The van der Waals surface area contributed by atoms with Crippen molar-refractivity contribution in [3.05, 3.63) is 131 Å². The molecule has 0 radical (unpaired) electrons. The second-order valence-corrected chi connectivity index (χ2v) is 9.33. The van der Waals surface area contributed by atoms with E-state index in [9.17, 15) is 10.5 Å². The van der Waals surface area contributed by atoms with Crippen molar-refractivity contribution in [2.24, 2.45) is 0 Å². The highest BCUT2D eigenvalue weighted by Gasteiger charge is 2.20. The van der Waals surface area contributed by atoms with Crippen LogP contribution < -0.4 is 0 Å². The maximum absolute atomic E-state index is 10.2. The highest BCUT2D eigenvalue weighted by atomic mass is 15.0. The predicted octanol–water partition coefficient (Wildman–Crippen LogP) is 8.96. The zero-order valence-electron chi connectivity index (χ0n) is 21.8. The zero-order chi connectivity index (χ0) is 26.8. The first-order chi connectivity index (χ1) is 18.5. The van der Waals surface area contributed by atoms with Crippen molar-refractivity contribution in [2.45, 2.75) is 20.8 Å². The standard InChI is InChI=1S/C35H27N3/c1-5-7-11-25(6-2)27-14-16-33-29(19-27)30-20-28(26-12-9-8-10-13-26)15-17-34(30)38(33)35-18-23(3)31(21-36)24(4)32(35)22-37/h5-20H,2H2,1,3-4H3/b7-5-,25-11+. The third kappa shape index (κ3) is 4.01. The first-order valence-electron chi connectivity index (χ1n) is 12.6. The quantitative estimate of drug-likeness (QED) is 0.231. The van der Waals surface area contributed by atoms with Crippen molar-refractivity contribution >= 4 is 27.4 Å². The lowest BCUT2D eigenvalue weighted by atomic mass is 9.97. The molecule has 3 nitrogen and oxygen atoms in total. The maximum Gasteiger partial charge on any atom is 0.102 e. The summed E-state index contributed by atoms with van der Waals surface area (Å²) in [6.45, 7) is 9.81. The van der Waals surface area contributed by atoms with Gasteiger partial charge >= 0.3 is 0 Å². The Morgan fingerprint density at radius 1 is 0.816 bits per heavy atom. The van der Waals surface area contributed by atoms with Gasteiger partial charge in [-0.2, -0.15) is 10.5 Å². The maximum atomic E-state index is 10.2. The molecule has 0 amide bonds. The largest absolute Gasteiger partial charge is 0.308 e. The minimum Gasteiger partial charge on any atom is -0.308 e. The molecule has 0 atom stereocenters. The summed E-state index contributed by atoms with van der Waals surface area (Å²) in [6.07, 6.45) is 7.94. The van der Waals surface area contributed by atoms with Crippen LogP contribution in [0.25, 0.3) is 44.2 Å². The highest BCUT2D eigenvalue weighted by molar-refractivity contribution is 6.11. The van der Waals surface area contributed by atoms with Crippen molar-refractivity contribution in [3.63, 3.8) is 0 Å². The smallest absolute Gasteiger partial charge is 0.102 e. The molecule has 1 aromatic heterocycles. The van der Waals surface area contributed by atoms with Gasteiger partial charge in [-0.15, -0.1) is 0 Å². The lowest BCUT2D eigenvalue weighted by molar-refractivity contribution is 1.14. The first-order valence-corrected chi connectivity index (χ1v) is 12.6. The fourth-order valence-corrected chi connectivity index (χ4v) is 5.21. The average Bonchev–Trinajstić information content (AvgIpc) is 3.27. The molecule has 0 aliphatic heterocycles. The first kappa shape index (κ1) is 24.6. The Balaban J connectivity index is 1.90. The Kier molecular flexibility index (Phi) is 6.53. The molecule has 4 aromatic carbocycles. The van der Waals surface area contributed by atoms with Gasteiger partial charge in [0.1, 0.15) is 6.07 Å². The van der Waals surface area contributed by atoms with Crippen molar-refractivity contribution in [1.29, 1.82) is 10.5 Å². The molecular weight excluding hydrogens is 462 g/mol. The SMILES string of the molecule is C=C/C(=C\C=C/C)c1ccc2c(c1)c1cc(-c3ccccc3)ccc1n2-c1cc(C)c(C#N)c(C)c1C#N. The van der Waals surface area contributed by atoms with E-state index in [4.69, 9.17) is 0 Å². The van der Waals surface area contributed by atoms with Crippen LogP contribution in [0.2, 0.25) is 0 Å². The molecule has 0 saturated carbocycles. The van der Waals surface area contributed by atoms with Gasteiger partial charge in [-0.1, -0.05) is 73.3 Å². The number of aromatic nitrogens is 1. The topological polar surface area (TPSA) is 52.5 Å². The van der Waals surface area contributed by atoms with Gasteiger partial charge in [-0.05, 0) is 84.5 Å². The number of nitrogens with zero attached hydrogens (tertiary/aromatic N) is 3. The number of aryl methyl sites for hydroxylation is 1. The second kappa shape index (κ2) is 10.1. The van der Waals surface area contributed by atoms with E-state index >= 15 is 0 Å². The molecule has 5 aromatic rings. The number of allylic oxidation sites excluding steroid dienone is 5. The van der Waals surface area contributed by atoms with E-state index in [0.29, 0.717) is 16.7 Å². The minimum absolute atomic E-state index is 0.516. The van der Waals surface area contributed by atoms with Crippen molar-refractivity contribution in [3.8, 4) is 29.0 Å². The number of nitriles is 2. The molecule has 3 heteroatoms. The van der Waals surface area contributed by atoms with Gasteiger partial charge in [0.25, 0.3) is 0 Å². The van der Waals surface area contributed by atoms with Crippen molar-refractivity contribution in [2.75, 3.05) is 0 Å². The lowest BCUT2D eigenvalue weighted by Crippen LogP contribution is -2.03. The van der Waals surface area contributed by atoms with Gasteiger partial charge in [0, 0.05) is 10.8 Å². The molecule has 1 heterocycles. The fourth-order valence-electron chi connectivity index (χ4n) is 5.21. The molecule has 0 bridgehead atoms. The molecular formula is C35H27N3. The molecule has 0 N–H and O–H groups in total. The lowest BCUT2D eigenvalue weighted by Gasteiger charge is -2.15. The van der Waals surface area contributed by atoms with E-state index in [1.54, 1.807) is 0 Å². The monoisotopic (exact) mass is 489 g/mol. The van der Waals surface area contributed by atoms with Crippen LogP contribution in [0.5, 0.6) is 0 Å². The van der Waals surface area contributed by atoms with Crippen LogP contribution >= 0.6 is 0 Å². The predicted molar refractivity (Wildman–Crippen MR) is 158 cm³/mol. The Morgan fingerprint density at radius 3 is 2.16 bits per heavy atom. The summed E-state index contributed by atoms with van der Waals surface area (Å²) in [4.78, 5) is 0. The van der Waals surface area contributed by atoms with E-state index in [-0.39, 0.29) is 0 Å². The molecule has 182 valence electrons. The Morgan fingerprint density at radius 2 is 1.50 bits per heavy atom.